The fourth-order valence-corrected chi connectivity index (χ4v) is 5.93. The van der Waals surface area contributed by atoms with Gasteiger partial charge in [0.15, 0.2) is 5.83 Å². The Morgan fingerprint density at radius 2 is 1.86 bits per heavy atom. The first-order valence-corrected chi connectivity index (χ1v) is 14.1. The third kappa shape index (κ3) is 5.57. The van der Waals surface area contributed by atoms with Crippen LogP contribution in [0.1, 0.15) is 6.92 Å². The largest absolute Gasteiger partial charge is 0.480 e. The number of carbonyl (C=O) groups is 1. The molecule has 1 N–H and O–H groups in total. The molecular weight excluding hydrogens is 573 g/mol. The third-order valence-corrected chi connectivity index (χ3v) is 8.24. The van der Waals surface area contributed by atoms with Gasteiger partial charge in [0.25, 0.3) is 15.9 Å². The Hall–Kier alpha value is -4.72. The lowest BCUT2D eigenvalue weighted by Gasteiger charge is -2.40. The summed E-state index contributed by atoms with van der Waals surface area (Å²) in [6.07, 6.45) is 2.91. The molecule has 0 spiro atoms. The van der Waals surface area contributed by atoms with Crippen LogP contribution < -0.4 is 14.4 Å². The second-order valence-corrected chi connectivity index (χ2v) is 11.2. The highest BCUT2D eigenvalue weighted by molar-refractivity contribution is 7.92. The first-order valence-electron chi connectivity index (χ1n) is 12.7. The van der Waals surface area contributed by atoms with Crippen LogP contribution in [0.5, 0.6) is 5.88 Å². The number of hydrogen-bond donors (Lipinski definition) is 1. The number of anilines is 2. The van der Waals surface area contributed by atoms with E-state index in [4.69, 9.17) is 4.74 Å². The molecule has 0 unspecified atom stereocenters. The number of sulfonamides is 1. The van der Waals surface area contributed by atoms with Gasteiger partial charge in [-0.1, -0.05) is 12.6 Å². The van der Waals surface area contributed by atoms with Crippen LogP contribution in [0.2, 0.25) is 0 Å². The van der Waals surface area contributed by atoms with Gasteiger partial charge in [-0.05, 0) is 42.8 Å². The molecule has 0 saturated carbocycles. The smallest absolute Gasteiger partial charge is 0.282 e. The van der Waals surface area contributed by atoms with E-state index in [0.717, 1.165) is 12.1 Å². The van der Waals surface area contributed by atoms with Gasteiger partial charge in [-0.3, -0.25) is 9.52 Å². The molecule has 1 aliphatic rings. The molecule has 4 aromatic rings. The number of hydrogen-bond acceptors (Lipinski definition) is 8. The van der Waals surface area contributed by atoms with E-state index in [-0.39, 0.29) is 30.7 Å². The predicted octanol–water partition coefficient (Wildman–Crippen LogP) is 4.30. The Morgan fingerprint density at radius 1 is 1.07 bits per heavy atom. The average Bonchev–Trinajstić information content (AvgIpc) is 2.95. The highest BCUT2D eigenvalue weighted by atomic mass is 32.2. The van der Waals surface area contributed by atoms with Crippen LogP contribution in [0.4, 0.5) is 24.7 Å². The lowest BCUT2D eigenvalue weighted by atomic mass is 10.0. The van der Waals surface area contributed by atoms with Gasteiger partial charge in [0, 0.05) is 48.9 Å². The Labute approximate surface area is 239 Å². The summed E-state index contributed by atoms with van der Waals surface area (Å²) in [4.78, 5) is 27.8. The third-order valence-electron chi connectivity index (χ3n) is 6.84. The zero-order chi connectivity index (χ0) is 30.2. The Balaban J connectivity index is 1.49. The molecule has 1 aliphatic heterocycles. The molecule has 1 amide bonds. The minimum Gasteiger partial charge on any atom is -0.480 e. The van der Waals surface area contributed by atoms with Crippen molar-refractivity contribution in [3.8, 4) is 17.0 Å². The van der Waals surface area contributed by atoms with Crippen molar-refractivity contribution in [3.63, 3.8) is 0 Å². The zero-order valence-electron chi connectivity index (χ0n) is 22.5. The Morgan fingerprint density at radius 3 is 2.55 bits per heavy atom. The van der Waals surface area contributed by atoms with Crippen LogP contribution >= 0.6 is 0 Å². The van der Waals surface area contributed by atoms with E-state index in [9.17, 15) is 26.4 Å². The molecule has 14 heteroatoms. The topological polar surface area (TPSA) is 118 Å². The number of carbonyl (C=O) groups excluding carboxylic acids is 1. The minimum atomic E-state index is -4.47. The summed E-state index contributed by atoms with van der Waals surface area (Å²) in [5, 5.41) is 0.683. The number of fused-ring (bicyclic) bond motifs is 1. The van der Waals surface area contributed by atoms with E-state index in [0.29, 0.717) is 40.5 Å². The monoisotopic (exact) mass is 598 g/mol. The number of methoxy groups -OCH3 is 1. The summed E-state index contributed by atoms with van der Waals surface area (Å²) >= 11 is 0. The van der Waals surface area contributed by atoms with Gasteiger partial charge in [0.1, 0.15) is 34.4 Å². The molecule has 1 fully saturated rings. The molecule has 10 nitrogen and oxygen atoms in total. The number of amides is 1. The number of rotatable bonds is 7. The fourth-order valence-electron chi connectivity index (χ4n) is 4.82. The number of pyridine rings is 1. The van der Waals surface area contributed by atoms with Crippen molar-refractivity contribution in [1.82, 2.24) is 19.9 Å². The highest BCUT2D eigenvalue weighted by Gasteiger charge is 2.30. The SMILES string of the molecule is C=C(F)C(=O)N1CCN(c2ncnc3ccc(-c4cnc(OC)c(NS(=O)(=O)c5ccc(F)cc5F)c4)cc23)[C@@H](C)C1. The van der Waals surface area contributed by atoms with E-state index in [1.165, 1.54) is 30.6 Å². The van der Waals surface area contributed by atoms with Crippen molar-refractivity contribution in [1.29, 1.82) is 0 Å². The number of nitrogens with one attached hydrogen (secondary N) is 1. The molecule has 1 atom stereocenters. The predicted molar refractivity (Wildman–Crippen MR) is 150 cm³/mol. The highest BCUT2D eigenvalue weighted by Crippen LogP contribution is 2.34. The molecule has 218 valence electrons. The van der Waals surface area contributed by atoms with Crippen molar-refractivity contribution in [2.24, 2.45) is 0 Å². The maximum absolute atomic E-state index is 14.3. The quantitative estimate of drug-likeness (QED) is 0.313. The lowest BCUT2D eigenvalue weighted by molar-refractivity contribution is -0.129. The number of piperazine rings is 1. The van der Waals surface area contributed by atoms with Gasteiger partial charge in [-0.15, -0.1) is 0 Å². The zero-order valence-corrected chi connectivity index (χ0v) is 23.3. The van der Waals surface area contributed by atoms with Gasteiger partial charge < -0.3 is 14.5 Å². The summed E-state index contributed by atoms with van der Waals surface area (Å²) in [5.41, 5.74) is 1.71. The van der Waals surface area contributed by atoms with Crippen LogP contribution in [0, 0.1) is 11.6 Å². The van der Waals surface area contributed by atoms with Crippen LogP contribution in [0.3, 0.4) is 0 Å². The van der Waals surface area contributed by atoms with Gasteiger partial charge >= 0.3 is 0 Å². The minimum absolute atomic E-state index is 0.0628. The van der Waals surface area contributed by atoms with Gasteiger partial charge in [0.05, 0.1) is 12.6 Å². The molecule has 0 bridgehead atoms. The van der Waals surface area contributed by atoms with Gasteiger partial charge in [0.2, 0.25) is 5.88 Å². The first-order chi connectivity index (χ1) is 20.0. The number of nitrogens with zero attached hydrogens (tertiary/aromatic N) is 5. The standard InChI is InChI=1S/C28H25F3N6O4S/c1-16-14-36(28(38)17(2)29)8-9-37(16)26-21-10-18(4-6-23(21)33-15-34-26)19-11-24(27(41-3)32-13-19)35-42(39,40)25-7-5-20(30)12-22(25)31/h4-7,10-13,15-16,35H,2,8-9,14H2,1,3H3/t16-/m0/s1. The van der Waals surface area contributed by atoms with Crippen LogP contribution in [-0.2, 0) is 14.8 Å². The van der Waals surface area contributed by atoms with Gasteiger partial charge in [-0.25, -0.2) is 36.5 Å². The van der Waals surface area contributed by atoms with Crippen LogP contribution in [0.25, 0.3) is 22.0 Å². The van der Waals surface area contributed by atoms with Crippen LogP contribution in [-0.4, -0.2) is 67.0 Å². The summed E-state index contributed by atoms with van der Waals surface area (Å²) in [6, 6.07) is 8.79. The number of halogens is 3. The van der Waals surface area contributed by atoms with E-state index in [1.807, 2.05) is 17.9 Å². The second kappa shape index (κ2) is 11.3. The lowest BCUT2D eigenvalue weighted by Crippen LogP contribution is -2.54. The Bertz CT molecular complexity index is 1820. The van der Waals surface area contributed by atoms with E-state index in [1.54, 1.807) is 12.1 Å². The van der Waals surface area contributed by atoms with Gasteiger partial charge in [-0.2, -0.15) is 0 Å². The fraction of sp³-hybridized carbons (Fsp3) is 0.214. The molecule has 2 aromatic heterocycles. The second-order valence-electron chi connectivity index (χ2n) is 9.59. The van der Waals surface area contributed by atoms with Crippen molar-refractivity contribution < 1.29 is 31.1 Å². The number of aromatic nitrogens is 3. The molecule has 3 heterocycles. The Kier molecular flexibility index (Phi) is 7.73. The van der Waals surface area contributed by atoms with E-state index >= 15 is 0 Å². The molecule has 0 radical (unpaired) electrons. The normalized spacial score (nSPS) is 15.5. The molecule has 0 aliphatic carbocycles. The van der Waals surface area contributed by atoms with Crippen LogP contribution in [0.15, 0.2) is 72.3 Å². The first kappa shape index (κ1) is 28.8. The van der Waals surface area contributed by atoms with E-state index in [2.05, 4.69) is 26.3 Å². The van der Waals surface area contributed by atoms with Crippen molar-refractivity contribution in [2.75, 3.05) is 36.4 Å². The van der Waals surface area contributed by atoms with Crippen molar-refractivity contribution in [2.45, 2.75) is 17.9 Å². The molecule has 1 saturated heterocycles. The average molecular weight is 599 g/mol. The molecule has 42 heavy (non-hydrogen) atoms. The van der Waals surface area contributed by atoms with E-state index < -0.39 is 38.3 Å². The summed E-state index contributed by atoms with van der Waals surface area (Å²) in [5.74, 6) is -3.37. The summed E-state index contributed by atoms with van der Waals surface area (Å²) in [6.45, 7) is 5.94. The maximum atomic E-state index is 14.3. The maximum Gasteiger partial charge on any atom is 0.282 e. The van der Waals surface area contributed by atoms with Crippen molar-refractivity contribution in [3.05, 3.63) is 79.0 Å². The molecular formula is C28H25F3N6O4S. The van der Waals surface area contributed by atoms with Crippen molar-refractivity contribution >= 4 is 38.3 Å². The molecule has 5 rings (SSSR count). The summed E-state index contributed by atoms with van der Waals surface area (Å²) < 4.78 is 74.4. The summed E-state index contributed by atoms with van der Waals surface area (Å²) in [7, 11) is -3.16. The number of benzene rings is 2. The number of ether oxygens (including phenoxy) is 1. The molecule has 2 aromatic carbocycles.